The van der Waals surface area contributed by atoms with Crippen LogP contribution in [-0.2, 0) is 11.2 Å². The van der Waals surface area contributed by atoms with Crippen LogP contribution in [0.25, 0.3) is 17.0 Å². The van der Waals surface area contributed by atoms with Crippen molar-refractivity contribution in [2.24, 2.45) is 0 Å². The predicted molar refractivity (Wildman–Crippen MR) is 69.8 cm³/mol. The lowest BCUT2D eigenvalue weighted by atomic mass is 10.1. The molecule has 0 spiro atoms. The van der Waals surface area contributed by atoms with E-state index in [2.05, 4.69) is 9.97 Å². The molecule has 0 aliphatic rings. The number of hydrogen-bond donors (Lipinski definition) is 1. The van der Waals surface area contributed by atoms with Crippen LogP contribution in [-0.4, -0.2) is 25.4 Å². The Morgan fingerprint density at radius 2 is 2.05 bits per heavy atom. The maximum atomic E-state index is 10.6. The van der Waals surface area contributed by atoms with E-state index < -0.39 is 5.97 Å². The number of carboxylic acid groups (broad SMARTS) is 1. The molecule has 3 aromatic rings. The molecule has 2 aromatic heterocycles. The molecular formula is C14H11N3O2. The summed E-state index contributed by atoms with van der Waals surface area (Å²) < 4.78 is 1.85. The number of nitrogens with zero attached hydrogens (tertiary/aromatic N) is 3. The molecule has 94 valence electrons. The molecule has 0 aliphatic carbocycles. The van der Waals surface area contributed by atoms with Crippen molar-refractivity contribution >= 4 is 11.7 Å². The van der Waals surface area contributed by atoms with Gasteiger partial charge in [0.2, 0.25) is 5.78 Å². The van der Waals surface area contributed by atoms with Crippen molar-refractivity contribution in [1.82, 2.24) is 14.4 Å². The van der Waals surface area contributed by atoms with E-state index >= 15 is 0 Å². The third-order valence-corrected chi connectivity index (χ3v) is 2.84. The van der Waals surface area contributed by atoms with E-state index in [1.165, 1.54) is 0 Å². The van der Waals surface area contributed by atoms with Gasteiger partial charge in [0.1, 0.15) is 0 Å². The summed E-state index contributed by atoms with van der Waals surface area (Å²) in [5.74, 6) is -0.184. The van der Waals surface area contributed by atoms with Gasteiger partial charge < -0.3 is 5.11 Å². The molecule has 2 heterocycles. The molecule has 0 saturated carbocycles. The van der Waals surface area contributed by atoms with Crippen molar-refractivity contribution in [1.29, 1.82) is 0 Å². The highest BCUT2D eigenvalue weighted by molar-refractivity contribution is 5.71. The molecule has 0 aliphatic heterocycles. The number of hydrogen-bond acceptors (Lipinski definition) is 3. The summed E-state index contributed by atoms with van der Waals surface area (Å²) in [6.45, 7) is 0. The first kappa shape index (κ1) is 11.4. The lowest BCUT2D eigenvalue weighted by molar-refractivity contribution is -0.136. The molecular weight excluding hydrogens is 242 g/mol. The van der Waals surface area contributed by atoms with Gasteiger partial charge in [-0.3, -0.25) is 9.20 Å². The van der Waals surface area contributed by atoms with Gasteiger partial charge in [-0.25, -0.2) is 9.97 Å². The van der Waals surface area contributed by atoms with Crippen LogP contribution in [0.2, 0.25) is 0 Å². The monoisotopic (exact) mass is 253 g/mol. The van der Waals surface area contributed by atoms with Crippen LogP contribution in [0.5, 0.6) is 0 Å². The number of aliphatic carboxylic acids is 1. The summed E-state index contributed by atoms with van der Waals surface area (Å²) in [7, 11) is 0. The molecule has 0 amide bonds. The molecule has 0 radical (unpaired) electrons. The van der Waals surface area contributed by atoms with E-state index in [9.17, 15) is 4.79 Å². The van der Waals surface area contributed by atoms with Crippen molar-refractivity contribution in [3.05, 3.63) is 54.5 Å². The third-order valence-electron chi connectivity index (χ3n) is 2.84. The summed E-state index contributed by atoms with van der Waals surface area (Å²) in [6, 6.07) is 9.20. The fourth-order valence-electron chi connectivity index (χ4n) is 1.94. The lowest BCUT2D eigenvalue weighted by Gasteiger charge is -1.99. The second-order valence-corrected chi connectivity index (χ2v) is 4.22. The van der Waals surface area contributed by atoms with Crippen molar-refractivity contribution in [3.63, 3.8) is 0 Å². The average molecular weight is 253 g/mol. The Hall–Kier alpha value is -2.69. The van der Waals surface area contributed by atoms with Gasteiger partial charge in [0.05, 0.1) is 12.1 Å². The molecule has 0 unspecified atom stereocenters. The van der Waals surface area contributed by atoms with Crippen LogP contribution < -0.4 is 0 Å². The molecule has 0 atom stereocenters. The van der Waals surface area contributed by atoms with Gasteiger partial charge in [0.15, 0.2) is 0 Å². The molecule has 5 nitrogen and oxygen atoms in total. The fourth-order valence-corrected chi connectivity index (χ4v) is 1.94. The normalized spacial score (nSPS) is 10.7. The Morgan fingerprint density at radius 1 is 1.26 bits per heavy atom. The van der Waals surface area contributed by atoms with Gasteiger partial charge in [0, 0.05) is 24.2 Å². The Labute approximate surface area is 109 Å². The minimum atomic E-state index is -0.829. The number of aromatic nitrogens is 3. The molecule has 5 heteroatoms. The zero-order valence-corrected chi connectivity index (χ0v) is 10.0. The topological polar surface area (TPSA) is 67.5 Å². The van der Waals surface area contributed by atoms with Crippen molar-refractivity contribution in [2.75, 3.05) is 0 Å². The third kappa shape index (κ3) is 2.30. The van der Waals surface area contributed by atoms with Crippen molar-refractivity contribution < 1.29 is 9.90 Å². The van der Waals surface area contributed by atoms with Gasteiger partial charge in [-0.05, 0) is 11.6 Å². The molecule has 1 aromatic carbocycles. The van der Waals surface area contributed by atoms with Gasteiger partial charge in [-0.1, -0.05) is 24.3 Å². The van der Waals surface area contributed by atoms with Crippen molar-refractivity contribution in [2.45, 2.75) is 6.42 Å². The van der Waals surface area contributed by atoms with Crippen LogP contribution >= 0.6 is 0 Å². The summed E-state index contributed by atoms with van der Waals surface area (Å²) in [5.41, 5.74) is 2.54. The van der Waals surface area contributed by atoms with Crippen molar-refractivity contribution in [3.8, 4) is 11.3 Å². The minimum absolute atomic E-state index is 0.0347. The van der Waals surface area contributed by atoms with Gasteiger partial charge in [-0.2, -0.15) is 0 Å². The number of carboxylic acids is 1. The summed E-state index contributed by atoms with van der Waals surface area (Å²) in [4.78, 5) is 19.2. The van der Waals surface area contributed by atoms with E-state index in [0.717, 1.165) is 16.8 Å². The first-order valence-electron chi connectivity index (χ1n) is 5.83. The van der Waals surface area contributed by atoms with E-state index in [1.54, 1.807) is 18.3 Å². The molecule has 0 saturated heterocycles. The van der Waals surface area contributed by atoms with Gasteiger partial charge in [0.25, 0.3) is 0 Å². The van der Waals surface area contributed by atoms with Crippen LogP contribution in [0.4, 0.5) is 0 Å². The molecule has 3 rings (SSSR count). The second kappa shape index (κ2) is 4.53. The maximum Gasteiger partial charge on any atom is 0.307 e. The Morgan fingerprint density at radius 3 is 2.74 bits per heavy atom. The highest BCUT2D eigenvalue weighted by Gasteiger charge is 2.05. The van der Waals surface area contributed by atoms with E-state index in [1.807, 2.05) is 35.0 Å². The smallest absolute Gasteiger partial charge is 0.307 e. The number of carbonyl (C=O) groups is 1. The van der Waals surface area contributed by atoms with Gasteiger partial charge >= 0.3 is 5.97 Å². The Bertz CT molecular complexity index is 699. The Balaban J connectivity index is 1.95. The molecule has 19 heavy (non-hydrogen) atoms. The molecule has 1 N–H and O–H groups in total. The summed E-state index contributed by atoms with van der Waals surface area (Å²) in [5, 5.41) is 8.72. The lowest BCUT2D eigenvalue weighted by Crippen LogP contribution is -1.99. The average Bonchev–Trinajstić information content (AvgIpc) is 2.82. The van der Waals surface area contributed by atoms with E-state index in [-0.39, 0.29) is 6.42 Å². The van der Waals surface area contributed by atoms with Crippen LogP contribution in [0.15, 0.2) is 48.9 Å². The SMILES string of the molecule is O=C(O)Cc1ccc(-c2cn3cccnc3n2)cc1. The summed E-state index contributed by atoms with van der Waals surface area (Å²) in [6.07, 6.45) is 5.52. The van der Waals surface area contributed by atoms with Crippen LogP contribution in [0.1, 0.15) is 5.56 Å². The highest BCUT2D eigenvalue weighted by Crippen LogP contribution is 2.19. The first-order valence-corrected chi connectivity index (χ1v) is 5.83. The quantitative estimate of drug-likeness (QED) is 0.775. The van der Waals surface area contributed by atoms with Crippen LogP contribution in [0, 0.1) is 0 Å². The van der Waals surface area contributed by atoms with Gasteiger partial charge in [-0.15, -0.1) is 0 Å². The largest absolute Gasteiger partial charge is 0.481 e. The molecule has 0 bridgehead atoms. The van der Waals surface area contributed by atoms with E-state index in [0.29, 0.717) is 5.78 Å². The fraction of sp³-hybridized carbons (Fsp3) is 0.0714. The maximum absolute atomic E-state index is 10.6. The predicted octanol–water partition coefficient (Wildman–Crippen LogP) is 2.02. The molecule has 0 fully saturated rings. The van der Waals surface area contributed by atoms with Crippen LogP contribution in [0.3, 0.4) is 0 Å². The minimum Gasteiger partial charge on any atom is -0.481 e. The van der Waals surface area contributed by atoms with E-state index in [4.69, 9.17) is 5.11 Å². The zero-order valence-electron chi connectivity index (χ0n) is 10.0. The number of fused-ring (bicyclic) bond motifs is 1. The standard InChI is InChI=1S/C14H11N3O2/c18-13(19)8-10-2-4-11(5-3-10)12-9-17-7-1-6-15-14(17)16-12/h1-7,9H,8H2,(H,18,19). The number of imidazole rings is 1. The second-order valence-electron chi connectivity index (χ2n) is 4.22. The first-order chi connectivity index (χ1) is 9.22. The highest BCUT2D eigenvalue weighted by atomic mass is 16.4. The zero-order chi connectivity index (χ0) is 13.2. The summed E-state index contributed by atoms with van der Waals surface area (Å²) >= 11 is 0. The number of benzene rings is 1. The number of rotatable bonds is 3. The Kier molecular flexibility index (Phi) is 2.72.